The summed E-state index contributed by atoms with van der Waals surface area (Å²) >= 11 is 3.21. The molecule has 2 aromatic rings. The van der Waals surface area contributed by atoms with Gasteiger partial charge in [-0.05, 0) is 36.2 Å². The van der Waals surface area contributed by atoms with Gasteiger partial charge < -0.3 is 4.74 Å². The first kappa shape index (κ1) is 13.5. The summed E-state index contributed by atoms with van der Waals surface area (Å²) in [6.07, 6.45) is 0.889. The predicted molar refractivity (Wildman–Crippen MR) is 76.7 cm³/mol. The summed E-state index contributed by atoms with van der Waals surface area (Å²) in [5.74, 6) is 0.839. The van der Waals surface area contributed by atoms with Crippen LogP contribution in [-0.2, 0) is 6.42 Å². The molecule has 0 aliphatic heterocycles. The van der Waals surface area contributed by atoms with Gasteiger partial charge in [-0.25, -0.2) is 0 Å². The zero-order valence-corrected chi connectivity index (χ0v) is 11.9. The van der Waals surface area contributed by atoms with Crippen LogP contribution in [0.2, 0.25) is 0 Å². The number of hydrogen-bond acceptors (Lipinski definition) is 3. The molecule has 2 rings (SSSR count). The van der Waals surface area contributed by atoms with Crippen LogP contribution in [0, 0.1) is 10.1 Å². The van der Waals surface area contributed by atoms with Gasteiger partial charge >= 0.3 is 5.69 Å². The molecule has 0 spiro atoms. The first-order valence-electron chi connectivity index (χ1n) is 5.81. The van der Waals surface area contributed by atoms with Gasteiger partial charge in [0, 0.05) is 10.5 Å². The van der Waals surface area contributed by atoms with E-state index in [-0.39, 0.29) is 11.4 Å². The Morgan fingerprint density at radius 1 is 1.26 bits per heavy atom. The van der Waals surface area contributed by atoms with Gasteiger partial charge in [0.2, 0.25) is 5.75 Å². The van der Waals surface area contributed by atoms with E-state index in [4.69, 9.17) is 4.74 Å². The zero-order chi connectivity index (χ0) is 13.8. The zero-order valence-electron chi connectivity index (χ0n) is 10.3. The van der Waals surface area contributed by atoms with E-state index < -0.39 is 4.92 Å². The number of rotatable bonds is 4. The van der Waals surface area contributed by atoms with Crippen LogP contribution in [0.1, 0.15) is 12.5 Å². The molecule has 2 aromatic carbocycles. The van der Waals surface area contributed by atoms with Crippen LogP contribution in [0.25, 0.3) is 0 Å². The molecule has 5 heteroatoms. The van der Waals surface area contributed by atoms with Crippen molar-refractivity contribution >= 4 is 21.6 Å². The minimum absolute atomic E-state index is 0.0590. The predicted octanol–water partition coefficient (Wildman–Crippen LogP) is 4.71. The van der Waals surface area contributed by atoms with Crippen LogP contribution >= 0.6 is 15.9 Å². The summed E-state index contributed by atoms with van der Waals surface area (Å²) in [7, 11) is 0. The fourth-order valence-electron chi connectivity index (χ4n) is 1.68. The second-order valence-corrected chi connectivity index (χ2v) is 4.89. The third-order valence-corrected chi connectivity index (χ3v) is 3.15. The molecule has 0 aliphatic rings. The number of ether oxygens (including phenoxy) is 1. The number of nitro benzene ring substituents is 1. The fraction of sp³-hybridized carbons (Fsp3) is 0.143. The van der Waals surface area contributed by atoms with Gasteiger partial charge in [-0.15, -0.1) is 0 Å². The lowest BCUT2D eigenvalue weighted by atomic mass is 10.2. The van der Waals surface area contributed by atoms with Gasteiger partial charge in [-0.2, -0.15) is 0 Å². The van der Waals surface area contributed by atoms with Crippen molar-refractivity contribution in [2.24, 2.45) is 0 Å². The van der Waals surface area contributed by atoms with Crippen LogP contribution < -0.4 is 4.74 Å². The molecule has 0 radical (unpaired) electrons. The number of halogens is 1. The van der Waals surface area contributed by atoms with E-state index in [0.717, 1.165) is 12.0 Å². The lowest BCUT2D eigenvalue weighted by molar-refractivity contribution is -0.385. The molecule has 0 aliphatic carbocycles. The standard InChI is InChI=1S/C14H12BrNO3/c1-2-10-4-3-5-12(8-10)19-14-7-6-11(15)9-13(14)16(17)18/h3-9H,2H2,1H3. The van der Waals surface area contributed by atoms with Crippen molar-refractivity contribution < 1.29 is 9.66 Å². The molecule has 0 heterocycles. The molecule has 0 atom stereocenters. The van der Waals surface area contributed by atoms with Crippen molar-refractivity contribution in [2.75, 3.05) is 0 Å². The first-order valence-corrected chi connectivity index (χ1v) is 6.60. The van der Waals surface area contributed by atoms with Crippen LogP contribution in [-0.4, -0.2) is 4.92 Å². The Kier molecular flexibility index (Phi) is 4.16. The van der Waals surface area contributed by atoms with Gasteiger partial charge in [0.15, 0.2) is 0 Å². The highest BCUT2D eigenvalue weighted by molar-refractivity contribution is 9.10. The molecule has 0 aromatic heterocycles. The maximum Gasteiger partial charge on any atom is 0.312 e. The lowest BCUT2D eigenvalue weighted by Crippen LogP contribution is -1.94. The minimum Gasteiger partial charge on any atom is -0.450 e. The van der Waals surface area contributed by atoms with Gasteiger partial charge in [-0.1, -0.05) is 35.0 Å². The quantitative estimate of drug-likeness (QED) is 0.605. The maximum atomic E-state index is 11.0. The number of hydrogen-bond donors (Lipinski definition) is 0. The topological polar surface area (TPSA) is 52.4 Å². The van der Waals surface area contributed by atoms with Gasteiger partial charge in [-0.3, -0.25) is 10.1 Å². The van der Waals surface area contributed by atoms with Crippen LogP contribution in [0.5, 0.6) is 11.5 Å². The van der Waals surface area contributed by atoms with E-state index >= 15 is 0 Å². The number of aryl methyl sites for hydroxylation is 1. The molecular weight excluding hydrogens is 310 g/mol. The average Bonchev–Trinajstić information content (AvgIpc) is 2.41. The molecule has 0 unspecified atom stereocenters. The molecule has 0 fully saturated rings. The van der Waals surface area contributed by atoms with E-state index in [1.165, 1.54) is 6.07 Å². The lowest BCUT2D eigenvalue weighted by Gasteiger charge is -2.07. The van der Waals surface area contributed by atoms with Crippen molar-refractivity contribution in [1.29, 1.82) is 0 Å². The highest BCUT2D eigenvalue weighted by Crippen LogP contribution is 2.33. The summed E-state index contributed by atoms with van der Waals surface area (Å²) < 4.78 is 6.25. The number of benzene rings is 2. The van der Waals surface area contributed by atoms with Gasteiger partial charge in [0.1, 0.15) is 5.75 Å². The monoisotopic (exact) mass is 321 g/mol. The molecule has 0 bridgehead atoms. The van der Waals surface area contributed by atoms with Crippen molar-refractivity contribution in [3.05, 3.63) is 62.6 Å². The molecule has 4 nitrogen and oxygen atoms in total. The third-order valence-electron chi connectivity index (χ3n) is 2.65. The highest BCUT2D eigenvalue weighted by atomic mass is 79.9. The molecule has 0 N–H and O–H groups in total. The Labute approximate surface area is 119 Å². The summed E-state index contributed by atoms with van der Waals surface area (Å²) in [6, 6.07) is 12.3. The van der Waals surface area contributed by atoms with Crippen molar-refractivity contribution in [2.45, 2.75) is 13.3 Å². The fourth-order valence-corrected chi connectivity index (χ4v) is 2.02. The molecule has 0 saturated carbocycles. The molecule has 98 valence electrons. The first-order chi connectivity index (χ1) is 9.10. The van der Waals surface area contributed by atoms with Crippen molar-refractivity contribution in [3.63, 3.8) is 0 Å². The molecule has 0 amide bonds. The summed E-state index contributed by atoms with van der Waals surface area (Å²) in [5, 5.41) is 11.0. The van der Waals surface area contributed by atoms with Crippen LogP contribution in [0.3, 0.4) is 0 Å². The summed E-state index contributed by atoms with van der Waals surface area (Å²) in [4.78, 5) is 10.5. The SMILES string of the molecule is CCc1cccc(Oc2ccc(Br)cc2[N+](=O)[O-])c1. The average molecular weight is 322 g/mol. The smallest absolute Gasteiger partial charge is 0.312 e. The highest BCUT2D eigenvalue weighted by Gasteiger charge is 2.16. The van der Waals surface area contributed by atoms with Gasteiger partial charge in [0.25, 0.3) is 0 Å². The van der Waals surface area contributed by atoms with Gasteiger partial charge in [0.05, 0.1) is 4.92 Å². The Morgan fingerprint density at radius 2 is 2.05 bits per heavy atom. The summed E-state index contributed by atoms with van der Waals surface area (Å²) in [5.41, 5.74) is 1.06. The Bertz CT molecular complexity index is 613. The molecule has 0 saturated heterocycles. The van der Waals surface area contributed by atoms with Crippen molar-refractivity contribution in [1.82, 2.24) is 0 Å². The van der Waals surface area contributed by atoms with Crippen molar-refractivity contribution in [3.8, 4) is 11.5 Å². The second kappa shape index (κ2) is 5.84. The van der Waals surface area contributed by atoms with E-state index in [1.54, 1.807) is 18.2 Å². The Morgan fingerprint density at radius 3 is 2.74 bits per heavy atom. The minimum atomic E-state index is -0.455. The van der Waals surface area contributed by atoms with E-state index in [2.05, 4.69) is 15.9 Å². The third kappa shape index (κ3) is 3.32. The molecular formula is C14H12BrNO3. The second-order valence-electron chi connectivity index (χ2n) is 3.97. The number of nitro groups is 1. The largest absolute Gasteiger partial charge is 0.450 e. The van der Waals surface area contributed by atoms with Crippen LogP contribution in [0.15, 0.2) is 46.9 Å². The Balaban J connectivity index is 2.34. The maximum absolute atomic E-state index is 11.0. The molecule has 19 heavy (non-hydrogen) atoms. The van der Waals surface area contributed by atoms with E-state index in [9.17, 15) is 10.1 Å². The normalized spacial score (nSPS) is 10.2. The van der Waals surface area contributed by atoms with E-state index in [1.807, 2.05) is 25.1 Å². The van der Waals surface area contributed by atoms with Crippen LogP contribution in [0.4, 0.5) is 5.69 Å². The van der Waals surface area contributed by atoms with E-state index in [0.29, 0.717) is 10.2 Å². The number of nitrogens with zero attached hydrogens (tertiary/aromatic N) is 1. The Hall–Kier alpha value is -1.88. The summed E-state index contributed by atoms with van der Waals surface area (Å²) in [6.45, 7) is 2.04.